The first-order valence-corrected chi connectivity index (χ1v) is 9.79. The molecule has 0 aliphatic heterocycles. The summed E-state index contributed by atoms with van der Waals surface area (Å²) in [5, 5.41) is 3.14. The Morgan fingerprint density at radius 3 is 2.33 bits per heavy atom. The zero-order valence-electron chi connectivity index (χ0n) is 16.8. The molecule has 150 valence electrons. The van der Waals surface area contributed by atoms with E-state index in [-0.39, 0.29) is 17.9 Å². The highest BCUT2D eigenvalue weighted by atomic mass is 16.5. The quantitative estimate of drug-likeness (QED) is 0.707. The lowest BCUT2D eigenvalue weighted by Crippen LogP contribution is -2.37. The van der Waals surface area contributed by atoms with E-state index in [2.05, 4.69) is 5.32 Å². The zero-order valence-corrected chi connectivity index (χ0v) is 16.8. The number of nitrogens with one attached hydrogen (secondary N) is 1. The Bertz CT molecular complexity index is 625. The highest BCUT2D eigenvalue weighted by molar-refractivity contribution is 5.78. The lowest BCUT2D eigenvalue weighted by molar-refractivity contribution is -0.130. The minimum absolute atomic E-state index is 0.0282. The van der Waals surface area contributed by atoms with E-state index in [0.717, 1.165) is 18.4 Å². The second-order valence-corrected chi connectivity index (χ2v) is 7.14. The molecule has 6 nitrogen and oxygen atoms in total. The predicted molar refractivity (Wildman–Crippen MR) is 105 cm³/mol. The van der Waals surface area contributed by atoms with Crippen LogP contribution in [0.4, 0.5) is 0 Å². The molecule has 1 aliphatic carbocycles. The van der Waals surface area contributed by atoms with Gasteiger partial charge in [0.1, 0.15) is 0 Å². The van der Waals surface area contributed by atoms with Crippen LogP contribution in [0.1, 0.15) is 57.4 Å². The molecule has 0 heterocycles. The van der Waals surface area contributed by atoms with Gasteiger partial charge in [-0.05, 0) is 30.5 Å². The summed E-state index contributed by atoms with van der Waals surface area (Å²) >= 11 is 0. The number of carbonyl (C=O) groups is 2. The van der Waals surface area contributed by atoms with Crippen molar-refractivity contribution in [3.8, 4) is 11.5 Å². The van der Waals surface area contributed by atoms with E-state index >= 15 is 0 Å². The molecule has 0 unspecified atom stereocenters. The van der Waals surface area contributed by atoms with Crippen molar-refractivity contribution in [2.24, 2.45) is 0 Å². The van der Waals surface area contributed by atoms with Crippen LogP contribution in [0.5, 0.6) is 11.5 Å². The fourth-order valence-corrected chi connectivity index (χ4v) is 3.51. The maximum Gasteiger partial charge on any atom is 0.221 e. The van der Waals surface area contributed by atoms with Crippen molar-refractivity contribution in [1.82, 2.24) is 10.2 Å². The average molecular weight is 376 g/mol. The first-order chi connectivity index (χ1) is 13.0. The molecule has 27 heavy (non-hydrogen) atoms. The summed E-state index contributed by atoms with van der Waals surface area (Å²) in [6.07, 6.45) is 7.34. The van der Waals surface area contributed by atoms with E-state index in [9.17, 15) is 9.59 Å². The first-order valence-electron chi connectivity index (χ1n) is 9.79. The second-order valence-electron chi connectivity index (χ2n) is 7.14. The summed E-state index contributed by atoms with van der Waals surface area (Å²) in [6, 6.07) is 5.88. The number of carbonyl (C=O) groups excluding carboxylic acids is 2. The number of benzene rings is 1. The second kappa shape index (κ2) is 10.8. The topological polar surface area (TPSA) is 67.9 Å². The summed E-state index contributed by atoms with van der Waals surface area (Å²) in [6.45, 7) is 2.37. The fourth-order valence-electron chi connectivity index (χ4n) is 3.51. The number of hydrogen-bond acceptors (Lipinski definition) is 4. The van der Waals surface area contributed by atoms with Crippen molar-refractivity contribution < 1.29 is 19.1 Å². The number of nitrogens with zero attached hydrogens (tertiary/aromatic N) is 1. The van der Waals surface area contributed by atoms with Crippen LogP contribution in [-0.2, 0) is 16.1 Å². The van der Waals surface area contributed by atoms with Gasteiger partial charge in [0.2, 0.25) is 11.8 Å². The van der Waals surface area contributed by atoms with E-state index in [1.165, 1.54) is 32.6 Å². The molecule has 1 aliphatic rings. The van der Waals surface area contributed by atoms with Gasteiger partial charge in [0.05, 0.1) is 14.2 Å². The number of ether oxygens (including phenoxy) is 2. The van der Waals surface area contributed by atoms with Crippen molar-refractivity contribution in [1.29, 1.82) is 0 Å². The van der Waals surface area contributed by atoms with Crippen molar-refractivity contribution in [2.75, 3.05) is 20.8 Å². The molecule has 0 aromatic heterocycles. The maximum absolute atomic E-state index is 12.3. The Balaban J connectivity index is 1.89. The molecule has 1 aromatic rings. The number of amides is 2. The van der Waals surface area contributed by atoms with Crippen molar-refractivity contribution in [3.05, 3.63) is 23.8 Å². The maximum atomic E-state index is 12.3. The number of hydrogen-bond donors (Lipinski definition) is 1. The minimum atomic E-state index is -0.0490. The Kier molecular flexibility index (Phi) is 8.43. The molecule has 0 atom stereocenters. The molecular weight excluding hydrogens is 344 g/mol. The van der Waals surface area contributed by atoms with Gasteiger partial charge < -0.3 is 19.7 Å². The summed E-state index contributed by atoms with van der Waals surface area (Å²) in [5.74, 6) is 1.26. The van der Waals surface area contributed by atoms with Crippen LogP contribution in [0, 0.1) is 0 Å². The van der Waals surface area contributed by atoms with Crippen LogP contribution in [-0.4, -0.2) is 43.5 Å². The molecule has 1 saturated carbocycles. The third kappa shape index (κ3) is 6.77. The van der Waals surface area contributed by atoms with Crippen LogP contribution in [0.15, 0.2) is 18.2 Å². The molecule has 1 fully saturated rings. The molecule has 1 N–H and O–H groups in total. The van der Waals surface area contributed by atoms with Gasteiger partial charge in [0.25, 0.3) is 0 Å². The van der Waals surface area contributed by atoms with Gasteiger partial charge >= 0.3 is 0 Å². The summed E-state index contributed by atoms with van der Waals surface area (Å²) in [5.41, 5.74) is 0.937. The summed E-state index contributed by atoms with van der Waals surface area (Å²) in [7, 11) is 3.18. The van der Waals surface area contributed by atoms with Crippen molar-refractivity contribution in [3.63, 3.8) is 0 Å². The predicted octanol–water partition coefficient (Wildman–Crippen LogP) is 3.28. The lowest BCUT2D eigenvalue weighted by atomic mass is 10.1. The number of rotatable bonds is 8. The summed E-state index contributed by atoms with van der Waals surface area (Å²) in [4.78, 5) is 26.0. The Morgan fingerprint density at radius 2 is 1.74 bits per heavy atom. The van der Waals surface area contributed by atoms with Gasteiger partial charge in [-0.25, -0.2) is 0 Å². The van der Waals surface area contributed by atoms with Gasteiger partial charge in [-0.15, -0.1) is 0 Å². The van der Waals surface area contributed by atoms with Crippen LogP contribution in [0.25, 0.3) is 0 Å². The number of methoxy groups -OCH3 is 2. The Morgan fingerprint density at radius 1 is 1.07 bits per heavy atom. The standard InChI is InChI=1S/C21H32N2O4/c1-16(24)23(15-17-10-11-19(26-2)20(14-17)27-3)13-12-21(25)22-18-8-6-4-5-7-9-18/h10-11,14,18H,4-9,12-13,15H2,1-3H3,(H,22,25). The molecule has 2 amide bonds. The first kappa shape index (κ1) is 21.1. The third-order valence-electron chi connectivity index (χ3n) is 5.10. The molecule has 6 heteroatoms. The SMILES string of the molecule is COc1ccc(CN(CCC(=O)NC2CCCCCC2)C(C)=O)cc1OC. The highest BCUT2D eigenvalue weighted by Gasteiger charge is 2.17. The van der Waals surface area contributed by atoms with E-state index < -0.39 is 0 Å². The smallest absolute Gasteiger partial charge is 0.221 e. The van der Waals surface area contributed by atoms with Crippen LogP contribution < -0.4 is 14.8 Å². The van der Waals surface area contributed by atoms with E-state index in [1.54, 1.807) is 19.1 Å². The molecule has 0 spiro atoms. The van der Waals surface area contributed by atoms with Crippen LogP contribution in [0.3, 0.4) is 0 Å². The fraction of sp³-hybridized carbons (Fsp3) is 0.619. The van der Waals surface area contributed by atoms with Crippen molar-refractivity contribution >= 4 is 11.8 Å². The van der Waals surface area contributed by atoms with Gasteiger partial charge in [-0.3, -0.25) is 9.59 Å². The summed E-state index contributed by atoms with van der Waals surface area (Å²) < 4.78 is 10.6. The molecular formula is C21H32N2O4. The molecule has 0 radical (unpaired) electrons. The average Bonchev–Trinajstić information content (AvgIpc) is 2.93. The lowest BCUT2D eigenvalue weighted by Gasteiger charge is -2.22. The largest absolute Gasteiger partial charge is 0.493 e. The van der Waals surface area contributed by atoms with E-state index in [1.807, 2.05) is 18.2 Å². The zero-order chi connectivity index (χ0) is 19.6. The highest BCUT2D eigenvalue weighted by Crippen LogP contribution is 2.28. The minimum Gasteiger partial charge on any atom is -0.493 e. The third-order valence-corrected chi connectivity index (χ3v) is 5.10. The van der Waals surface area contributed by atoms with Gasteiger partial charge in [-0.1, -0.05) is 31.7 Å². The normalized spacial score (nSPS) is 14.9. The van der Waals surface area contributed by atoms with Crippen LogP contribution >= 0.6 is 0 Å². The van der Waals surface area contributed by atoms with Gasteiger partial charge in [-0.2, -0.15) is 0 Å². The van der Waals surface area contributed by atoms with E-state index in [4.69, 9.17) is 9.47 Å². The van der Waals surface area contributed by atoms with Crippen LogP contribution in [0.2, 0.25) is 0 Å². The van der Waals surface area contributed by atoms with Crippen molar-refractivity contribution in [2.45, 2.75) is 64.5 Å². The molecule has 1 aromatic carbocycles. The molecule has 2 rings (SSSR count). The van der Waals surface area contributed by atoms with Gasteiger partial charge in [0, 0.05) is 32.5 Å². The Hall–Kier alpha value is -2.24. The Labute approximate surface area is 162 Å². The molecule has 0 saturated heterocycles. The monoisotopic (exact) mass is 376 g/mol. The van der Waals surface area contributed by atoms with E-state index in [0.29, 0.717) is 31.0 Å². The van der Waals surface area contributed by atoms with Gasteiger partial charge in [0.15, 0.2) is 11.5 Å². The molecule has 0 bridgehead atoms.